The molecule has 1 atom stereocenters. The maximum absolute atomic E-state index is 12.7. The average molecular weight is 422 g/mol. The molecule has 0 amide bonds. The van der Waals surface area contributed by atoms with Gasteiger partial charge in [-0.1, -0.05) is 54.1 Å². The number of rotatable bonds is 7. The molecule has 0 aliphatic rings. The normalized spacial score (nSPS) is 12.7. The van der Waals surface area contributed by atoms with Crippen molar-refractivity contribution in [3.63, 3.8) is 0 Å². The van der Waals surface area contributed by atoms with E-state index < -0.39 is 16.1 Å². The Labute approximate surface area is 168 Å². The van der Waals surface area contributed by atoms with Gasteiger partial charge in [0.05, 0.1) is 25.3 Å². The van der Waals surface area contributed by atoms with Crippen LogP contribution < -0.4 is 14.2 Å². The van der Waals surface area contributed by atoms with Crippen molar-refractivity contribution in [1.82, 2.24) is 4.72 Å². The number of ether oxygens (including phenoxy) is 2. The highest BCUT2D eigenvalue weighted by atomic mass is 35.5. The molecule has 3 rings (SSSR count). The Morgan fingerprint density at radius 2 is 1.68 bits per heavy atom. The second kappa shape index (κ2) is 8.36. The van der Waals surface area contributed by atoms with E-state index in [0.29, 0.717) is 11.3 Å². The van der Waals surface area contributed by atoms with E-state index in [4.69, 9.17) is 21.1 Å². The van der Waals surface area contributed by atoms with Crippen LogP contribution in [-0.2, 0) is 10.0 Å². The molecule has 2 N–H and O–H groups in total. The summed E-state index contributed by atoms with van der Waals surface area (Å²) in [6.07, 6.45) is -1.03. The van der Waals surface area contributed by atoms with Crippen molar-refractivity contribution in [2.75, 3.05) is 20.8 Å². The van der Waals surface area contributed by atoms with Crippen LogP contribution in [0.5, 0.6) is 11.5 Å². The molecule has 0 aliphatic carbocycles. The predicted molar refractivity (Wildman–Crippen MR) is 109 cm³/mol. The average Bonchev–Trinajstić information content (AvgIpc) is 2.71. The Morgan fingerprint density at radius 3 is 2.39 bits per heavy atom. The number of hydrogen-bond donors (Lipinski definition) is 2. The van der Waals surface area contributed by atoms with E-state index in [2.05, 4.69) is 4.72 Å². The van der Waals surface area contributed by atoms with Crippen LogP contribution in [-0.4, -0.2) is 34.3 Å². The number of sulfonamides is 1. The number of nitrogens with one attached hydrogen (secondary N) is 1. The largest absolute Gasteiger partial charge is 0.493 e. The van der Waals surface area contributed by atoms with Crippen LogP contribution in [0.3, 0.4) is 0 Å². The SMILES string of the molecule is COc1cc(Cl)c(S(=O)(=O)NCC(O)c2cccc3ccccc23)cc1OC. The number of aliphatic hydroxyl groups is 1. The molecular formula is C20H20ClNO5S. The quantitative estimate of drug-likeness (QED) is 0.609. The van der Waals surface area contributed by atoms with Gasteiger partial charge in [0.25, 0.3) is 0 Å². The molecule has 0 aromatic heterocycles. The minimum atomic E-state index is -3.98. The summed E-state index contributed by atoms with van der Waals surface area (Å²) in [5.74, 6) is 0.559. The summed E-state index contributed by atoms with van der Waals surface area (Å²) in [7, 11) is -1.15. The van der Waals surface area contributed by atoms with E-state index in [1.165, 1.54) is 26.4 Å². The molecule has 0 saturated heterocycles. The van der Waals surface area contributed by atoms with Crippen molar-refractivity contribution in [3.8, 4) is 11.5 Å². The van der Waals surface area contributed by atoms with E-state index >= 15 is 0 Å². The summed E-state index contributed by atoms with van der Waals surface area (Å²) >= 11 is 6.11. The highest BCUT2D eigenvalue weighted by molar-refractivity contribution is 7.89. The van der Waals surface area contributed by atoms with Crippen LogP contribution in [0, 0.1) is 0 Å². The standard InChI is InChI=1S/C20H20ClNO5S/c1-26-18-10-16(21)20(11-19(18)27-2)28(24,25)22-12-17(23)15-9-5-7-13-6-3-4-8-14(13)15/h3-11,17,22-23H,12H2,1-2H3. The molecule has 3 aromatic carbocycles. The monoisotopic (exact) mass is 421 g/mol. The van der Waals surface area contributed by atoms with Gasteiger partial charge in [0.15, 0.2) is 11.5 Å². The van der Waals surface area contributed by atoms with E-state index in [9.17, 15) is 13.5 Å². The fourth-order valence-corrected chi connectivity index (χ4v) is 4.53. The predicted octanol–water partition coefficient (Wildman–Crippen LogP) is 3.52. The fraction of sp³-hybridized carbons (Fsp3) is 0.200. The van der Waals surface area contributed by atoms with Crippen LogP contribution in [0.15, 0.2) is 59.5 Å². The van der Waals surface area contributed by atoms with Gasteiger partial charge in [-0.2, -0.15) is 0 Å². The van der Waals surface area contributed by atoms with Gasteiger partial charge in [-0.3, -0.25) is 0 Å². The van der Waals surface area contributed by atoms with Crippen molar-refractivity contribution in [1.29, 1.82) is 0 Å². The first kappa shape index (κ1) is 20.4. The first-order valence-electron chi connectivity index (χ1n) is 8.44. The van der Waals surface area contributed by atoms with E-state index in [1.54, 1.807) is 6.07 Å². The smallest absolute Gasteiger partial charge is 0.242 e. The lowest BCUT2D eigenvalue weighted by Crippen LogP contribution is -2.29. The topological polar surface area (TPSA) is 84.9 Å². The summed E-state index contributed by atoms with van der Waals surface area (Å²) in [5, 5.41) is 12.4. The van der Waals surface area contributed by atoms with E-state index in [0.717, 1.165) is 10.8 Å². The third-order valence-electron chi connectivity index (χ3n) is 4.38. The lowest BCUT2D eigenvalue weighted by atomic mass is 10.0. The van der Waals surface area contributed by atoms with Gasteiger partial charge in [-0.05, 0) is 16.3 Å². The first-order chi connectivity index (χ1) is 13.4. The summed E-state index contributed by atoms with van der Waals surface area (Å²) in [4.78, 5) is -0.156. The summed E-state index contributed by atoms with van der Waals surface area (Å²) in [6.45, 7) is -0.207. The summed E-state index contributed by atoms with van der Waals surface area (Å²) in [5.41, 5.74) is 0.638. The van der Waals surface area contributed by atoms with Crippen LogP contribution in [0.25, 0.3) is 10.8 Å². The Kier molecular flexibility index (Phi) is 6.10. The zero-order valence-corrected chi connectivity index (χ0v) is 16.9. The number of hydrogen-bond acceptors (Lipinski definition) is 5. The van der Waals surface area contributed by atoms with Crippen molar-refractivity contribution in [3.05, 3.63) is 65.2 Å². The first-order valence-corrected chi connectivity index (χ1v) is 10.3. The highest BCUT2D eigenvalue weighted by Crippen LogP contribution is 2.35. The summed E-state index contributed by atoms with van der Waals surface area (Å²) in [6, 6.07) is 15.8. The van der Waals surface area contributed by atoms with E-state index in [-0.39, 0.29) is 22.2 Å². The van der Waals surface area contributed by atoms with Gasteiger partial charge in [-0.15, -0.1) is 0 Å². The van der Waals surface area contributed by atoms with Crippen LogP contribution >= 0.6 is 11.6 Å². The van der Waals surface area contributed by atoms with Gasteiger partial charge in [-0.25, -0.2) is 13.1 Å². The maximum atomic E-state index is 12.7. The zero-order valence-electron chi connectivity index (χ0n) is 15.3. The molecule has 0 radical (unpaired) electrons. The number of aliphatic hydroxyl groups excluding tert-OH is 1. The van der Waals surface area contributed by atoms with E-state index in [1.807, 2.05) is 36.4 Å². The van der Waals surface area contributed by atoms with Crippen molar-refractivity contribution in [2.45, 2.75) is 11.0 Å². The lowest BCUT2D eigenvalue weighted by molar-refractivity contribution is 0.183. The molecule has 0 heterocycles. The molecule has 0 aliphatic heterocycles. The Balaban J connectivity index is 1.85. The lowest BCUT2D eigenvalue weighted by Gasteiger charge is -2.16. The van der Waals surface area contributed by atoms with Gasteiger partial charge >= 0.3 is 0 Å². The Morgan fingerprint density at radius 1 is 1.04 bits per heavy atom. The minimum absolute atomic E-state index is 0.00944. The molecule has 8 heteroatoms. The minimum Gasteiger partial charge on any atom is -0.493 e. The molecule has 0 bridgehead atoms. The third-order valence-corrected chi connectivity index (χ3v) is 6.26. The second-order valence-corrected chi connectivity index (χ2v) is 8.22. The Bertz CT molecular complexity index is 1100. The van der Waals surface area contributed by atoms with Crippen LogP contribution in [0.4, 0.5) is 0 Å². The Hall–Kier alpha value is -2.32. The molecule has 28 heavy (non-hydrogen) atoms. The number of benzene rings is 3. The molecule has 1 unspecified atom stereocenters. The highest BCUT2D eigenvalue weighted by Gasteiger charge is 2.23. The van der Waals surface area contributed by atoms with Crippen LogP contribution in [0.2, 0.25) is 5.02 Å². The van der Waals surface area contributed by atoms with Crippen molar-refractivity contribution < 1.29 is 23.0 Å². The second-order valence-electron chi connectivity index (χ2n) is 6.07. The van der Waals surface area contributed by atoms with Gasteiger partial charge < -0.3 is 14.6 Å². The zero-order chi connectivity index (χ0) is 20.3. The van der Waals surface area contributed by atoms with Gasteiger partial charge in [0, 0.05) is 18.7 Å². The van der Waals surface area contributed by atoms with Gasteiger partial charge in [0.2, 0.25) is 10.0 Å². The van der Waals surface area contributed by atoms with Gasteiger partial charge in [0.1, 0.15) is 4.90 Å². The fourth-order valence-electron chi connectivity index (χ4n) is 2.96. The molecule has 0 spiro atoms. The summed E-state index contributed by atoms with van der Waals surface area (Å²) < 4.78 is 38.1. The number of fused-ring (bicyclic) bond motifs is 1. The molecule has 6 nitrogen and oxygen atoms in total. The number of methoxy groups -OCH3 is 2. The number of halogens is 1. The molecular weight excluding hydrogens is 402 g/mol. The van der Waals surface area contributed by atoms with Crippen LogP contribution in [0.1, 0.15) is 11.7 Å². The molecule has 0 fully saturated rings. The van der Waals surface area contributed by atoms with Crippen molar-refractivity contribution in [2.24, 2.45) is 0 Å². The van der Waals surface area contributed by atoms with Crippen molar-refractivity contribution >= 4 is 32.4 Å². The molecule has 0 saturated carbocycles. The molecule has 3 aromatic rings. The molecule has 148 valence electrons. The maximum Gasteiger partial charge on any atom is 0.242 e. The third kappa shape index (κ3) is 4.07.